The summed E-state index contributed by atoms with van der Waals surface area (Å²) in [6.45, 7) is 4.06. The van der Waals surface area contributed by atoms with E-state index < -0.39 is 0 Å². The van der Waals surface area contributed by atoms with Crippen molar-refractivity contribution in [2.24, 2.45) is 0 Å². The molecular weight excluding hydrogens is 176 g/mol. The van der Waals surface area contributed by atoms with E-state index in [0.29, 0.717) is 12.2 Å². The largest absolute Gasteiger partial charge is 0.481 e. The van der Waals surface area contributed by atoms with Crippen molar-refractivity contribution < 1.29 is 9.53 Å². The lowest BCUT2D eigenvalue weighted by Crippen LogP contribution is -1.96. The van der Waals surface area contributed by atoms with Gasteiger partial charge in [0.25, 0.3) is 0 Å². The average molecular weight is 188 g/mol. The lowest BCUT2D eigenvalue weighted by molar-refractivity contribution is 0.112. The van der Waals surface area contributed by atoms with Gasteiger partial charge in [-0.1, -0.05) is 5.92 Å². The number of hydrogen-bond donors (Lipinski definition) is 0. The average Bonchev–Trinajstić information content (AvgIpc) is 2.20. The number of aldehydes is 1. The van der Waals surface area contributed by atoms with Crippen LogP contribution in [0.25, 0.3) is 0 Å². The van der Waals surface area contributed by atoms with Gasteiger partial charge in [0.05, 0.1) is 0 Å². The summed E-state index contributed by atoms with van der Waals surface area (Å²) >= 11 is 0. The normalized spacial score (nSPS) is 8.71. The van der Waals surface area contributed by atoms with Gasteiger partial charge in [0, 0.05) is 5.56 Å². The van der Waals surface area contributed by atoms with Crippen molar-refractivity contribution in [3.05, 3.63) is 29.3 Å². The molecule has 0 spiro atoms. The van der Waals surface area contributed by atoms with Crippen LogP contribution < -0.4 is 4.74 Å². The molecule has 0 atom stereocenters. The van der Waals surface area contributed by atoms with Crippen LogP contribution in [-0.4, -0.2) is 12.9 Å². The number of ether oxygens (including phenoxy) is 1. The summed E-state index contributed by atoms with van der Waals surface area (Å²) in [4.78, 5) is 10.5. The van der Waals surface area contributed by atoms with E-state index in [2.05, 4.69) is 11.8 Å². The molecule has 2 heteroatoms. The van der Waals surface area contributed by atoms with Crippen LogP contribution in [0.2, 0.25) is 0 Å². The fourth-order valence-corrected chi connectivity index (χ4v) is 1.09. The van der Waals surface area contributed by atoms with E-state index in [-0.39, 0.29) is 0 Å². The van der Waals surface area contributed by atoms with Gasteiger partial charge in [-0.05, 0) is 37.6 Å². The van der Waals surface area contributed by atoms with Crippen molar-refractivity contribution in [2.45, 2.75) is 13.8 Å². The zero-order chi connectivity index (χ0) is 10.4. The quantitative estimate of drug-likeness (QED) is 0.537. The molecule has 72 valence electrons. The first-order chi connectivity index (χ1) is 6.77. The third-order valence-corrected chi connectivity index (χ3v) is 1.81. The van der Waals surface area contributed by atoms with Crippen molar-refractivity contribution in [3.63, 3.8) is 0 Å². The first-order valence-electron chi connectivity index (χ1n) is 4.36. The van der Waals surface area contributed by atoms with Crippen LogP contribution in [0.4, 0.5) is 0 Å². The molecule has 1 rings (SSSR count). The first-order valence-corrected chi connectivity index (χ1v) is 4.36. The summed E-state index contributed by atoms with van der Waals surface area (Å²) in [6, 6.07) is 5.31. The number of carbonyl (C=O) groups is 1. The summed E-state index contributed by atoms with van der Waals surface area (Å²) in [6.07, 6.45) is 0.822. The summed E-state index contributed by atoms with van der Waals surface area (Å²) in [5.74, 6) is 6.34. The molecule has 2 nitrogen and oxygen atoms in total. The number of rotatable bonds is 3. The lowest BCUT2D eigenvalue weighted by atomic mass is 10.1. The van der Waals surface area contributed by atoms with Crippen molar-refractivity contribution in [3.8, 4) is 17.6 Å². The zero-order valence-corrected chi connectivity index (χ0v) is 8.33. The minimum Gasteiger partial charge on any atom is -0.481 e. The van der Waals surface area contributed by atoms with Gasteiger partial charge < -0.3 is 4.74 Å². The van der Waals surface area contributed by atoms with Crippen LogP contribution in [-0.2, 0) is 0 Å². The van der Waals surface area contributed by atoms with Gasteiger partial charge in [0.15, 0.2) is 0 Å². The first kappa shape index (κ1) is 10.3. The van der Waals surface area contributed by atoms with Crippen LogP contribution in [0, 0.1) is 18.8 Å². The third kappa shape index (κ3) is 2.63. The van der Waals surface area contributed by atoms with Crippen molar-refractivity contribution in [1.29, 1.82) is 0 Å². The predicted molar refractivity (Wildman–Crippen MR) is 55.5 cm³/mol. The van der Waals surface area contributed by atoms with Crippen LogP contribution in [0.1, 0.15) is 22.8 Å². The lowest BCUT2D eigenvalue weighted by Gasteiger charge is -2.05. The number of aryl methyl sites for hydroxylation is 1. The molecule has 0 fully saturated rings. The standard InChI is InChI=1S/C12H12O2/c1-3-4-7-14-12-6-5-11(9-13)8-10(12)2/h5-6,8-9H,7H2,1-2H3. The molecule has 0 aliphatic rings. The van der Waals surface area contributed by atoms with E-state index in [1.54, 1.807) is 25.1 Å². The molecule has 14 heavy (non-hydrogen) atoms. The minimum absolute atomic E-state index is 0.387. The van der Waals surface area contributed by atoms with Gasteiger partial charge in [0.2, 0.25) is 0 Å². The van der Waals surface area contributed by atoms with Gasteiger partial charge in [-0.3, -0.25) is 4.79 Å². The van der Waals surface area contributed by atoms with Crippen molar-refractivity contribution in [2.75, 3.05) is 6.61 Å². The highest BCUT2D eigenvalue weighted by atomic mass is 16.5. The highest BCUT2D eigenvalue weighted by molar-refractivity contribution is 5.75. The Kier molecular flexibility index (Phi) is 3.75. The maximum absolute atomic E-state index is 10.5. The molecule has 0 bridgehead atoms. The molecule has 0 aliphatic carbocycles. The van der Waals surface area contributed by atoms with Crippen molar-refractivity contribution in [1.82, 2.24) is 0 Å². The Morgan fingerprint density at radius 2 is 2.29 bits per heavy atom. The number of hydrogen-bond acceptors (Lipinski definition) is 2. The molecule has 0 saturated heterocycles. The summed E-state index contributed by atoms with van der Waals surface area (Å²) < 4.78 is 5.39. The topological polar surface area (TPSA) is 26.3 Å². The molecule has 0 aromatic heterocycles. The Morgan fingerprint density at radius 1 is 1.50 bits per heavy atom. The third-order valence-electron chi connectivity index (χ3n) is 1.81. The molecule has 0 radical (unpaired) electrons. The molecule has 1 aromatic rings. The van der Waals surface area contributed by atoms with E-state index in [4.69, 9.17) is 4.74 Å². The van der Waals surface area contributed by atoms with Gasteiger partial charge in [-0.25, -0.2) is 0 Å². The Morgan fingerprint density at radius 3 is 2.86 bits per heavy atom. The van der Waals surface area contributed by atoms with Gasteiger partial charge in [0.1, 0.15) is 18.6 Å². The summed E-state index contributed by atoms with van der Waals surface area (Å²) in [5.41, 5.74) is 1.61. The second kappa shape index (κ2) is 5.08. The Bertz CT molecular complexity index is 383. The fourth-order valence-electron chi connectivity index (χ4n) is 1.09. The fraction of sp³-hybridized carbons (Fsp3) is 0.250. The summed E-state index contributed by atoms with van der Waals surface area (Å²) in [5, 5.41) is 0. The molecule has 0 heterocycles. The second-order valence-corrected chi connectivity index (χ2v) is 2.86. The molecule has 0 aliphatic heterocycles. The van der Waals surface area contributed by atoms with Crippen LogP contribution >= 0.6 is 0 Å². The second-order valence-electron chi connectivity index (χ2n) is 2.86. The smallest absolute Gasteiger partial charge is 0.150 e. The van der Waals surface area contributed by atoms with E-state index in [9.17, 15) is 4.79 Å². The van der Waals surface area contributed by atoms with Gasteiger partial charge >= 0.3 is 0 Å². The minimum atomic E-state index is 0.387. The van der Waals surface area contributed by atoms with E-state index in [1.165, 1.54) is 0 Å². The van der Waals surface area contributed by atoms with E-state index >= 15 is 0 Å². The van der Waals surface area contributed by atoms with Crippen LogP contribution in [0.3, 0.4) is 0 Å². The molecule has 0 amide bonds. The molecule has 1 aromatic carbocycles. The van der Waals surface area contributed by atoms with Gasteiger partial charge in [-0.15, -0.1) is 5.92 Å². The highest BCUT2D eigenvalue weighted by Crippen LogP contribution is 2.17. The van der Waals surface area contributed by atoms with Crippen LogP contribution in [0.15, 0.2) is 18.2 Å². The maximum Gasteiger partial charge on any atom is 0.150 e. The Balaban J connectivity index is 2.76. The monoisotopic (exact) mass is 188 g/mol. The zero-order valence-electron chi connectivity index (χ0n) is 8.33. The van der Waals surface area contributed by atoms with E-state index in [1.807, 2.05) is 6.92 Å². The van der Waals surface area contributed by atoms with E-state index in [0.717, 1.165) is 17.6 Å². The number of benzene rings is 1. The molecule has 0 saturated carbocycles. The Hall–Kier alpha value is -1.75. The van der Waals surface area contributed by atoms with Gasteiger partial charge in [-0.2, -0.15) is 0 Å². The highest BCUT2D eigenvalue weighted by Gasteiger charge is 1.99. The van der Waals surface area contributed by atoms with Crippen LogP contribution in [0.5, 0.6) is 5.75 Å². The maximum atomic E-state index is 10.5. The predicted octanol–water partition coefficient (Wildman–Crippen LogP) is 2.21. The summed E-state index contributed by atoms with van der Waals surface area (Å²) in [7, 11) is 0. The molecule has 0 unspecified atom stereocenters. The van der Waals surface area contributed by atoms with Crippen molar-refractivity contribution >= 4 is 6.29 Å². The molecule has 0 N–H and O–H groups in total. The Labute approximate surface area is 83.9 Å². The molecular formula is C12H12O2. The number of carbonyl (C=O) groups excluding carboxylic acids is 1. The SMILES string of the molecule is CC#CCOc1ccc(C=O)cc1C.